The smallest absolute Gasteiger partial charge is 0.434 e. The summed E-state index contributed by atoms with van der Waals surface area (Å²) in [6.07, 6.45) is -0.670. The van der Waals surface area contributed by atoms with Crippen LogP contribution in [0.4, 0.5) is 10.5 Å². The second kappa shape index (κ2) is 7.75. The number of methoxy groups -OCH3 is 1. The number of hydrogen-bond acceptors (Lipinski definition) is 6. The monoisotopic (exact) mass is 375 g/mol. The summed E-state index contributed by atoms with van der Waals surface area (Å²) in [7, 11) is 1.43. The lowest BCUT2D eigenvalue weighted by atomic mass is 10.1. The third-order valence-electron chi connectivity index (χ3n) is 3.41. The van der Waals surface area contributed by atoms with Crippen LogP contribution < -0.4 is 15.8 Å². The number of ether oxygens (including phenoxy) is 2. The number of nitrogens with one attached hydrogen (secondary N) is 2. The predicted molar refractivity (Wildman–Crippen MR) is 94.4 cm³/mol. The SMILES string of the molecule is COc1cc(NC(=O)OCc2ccccc2)c(Cl)cc1-c1n[nH]c(=O)o1. The number of anilines is 1. The number of benzene rings is 2. The van der Waals surface area contributed by atoms with Crippen molar-refractivity contribution in [3.05, 3.63) is 63.6 Å². The fourth-order valence-electron chi connectivity index (χ4n) is 2.20. The number of carbonyl (C=O) groups excluding carboxylic acids is 1. The first-order valence-electron chi connectivity index (χ1n) is 7.48. The molecule has 0 radical (unpaired) electrons. The lowest BCUT2D eigenvalue weighted by Gasteiger charge is -2.12. The number of carbonyl (C=O) groups is 1. The first-order valence-corrected chi connectivity index (χ1v) is 7.85. The van der Waals surface area contributed by atoms with E-state index < -0.39 is 11.8 Å². The van der Waals surface area contributed by atoms with Gasteiger partial charge in [0.1, 0.15) is 12.4 Å². The maximum Gasteiger partial charge on any atom is 0.434 e. The highest BCUT2D eigenvalue weighted by atomic mass is 35.5. The minimum Gasteiger partial charge on any atom is -0.496 e. The first kappa shape index (κ1) is 17.6. The molecule has 1 amide bonds. The Morgan fingerprint density at radius 3 is 2.73 bits per heavy atom. The van der Waals surface area contributed by atoms with Gasteiger partial charge >= 0.3 is 11.8 Å². The maximum absolute atomic E-state index is 12.0. The van der Waals surface area contributed by atoms with E-state index in [1.807, 2.05) is 30.3 Å². The zero-order valence-corrected chi connectivity index (χ0v) is 14.4. The lowest BCUT2D eigenvalue weighted by Crippen LogP contribution is -2.14. The van der Waals surface area contributed by atoms with Crippen molar-refractivity contribution in [3.63, 3.8) is 0 Å². The van der Waals surface area contributed by atoms with E-state index in [1.54, 1.807) is 0 Å². The summed E-state index contributed by atoms with van der Waals surface area (Å²) in [5, 5.41) is 8.63. The summed E-state index contributed by atoms with van der Waals surface area (Å²) in [5.41, 5.74) is 1.50. The Kier molecular flexibility index (Phi) is 5.23. The fourth-order valence-corrected chi connectivity index (χ4v) is 2.41. The largest absolute Gasteiger partial charge is 0.496 e. The zero-order valence-electron chi connectivity index (χ0n) is 13.6. The summed E-state index contributed by atoms with van der Waals surface area (Å²) < 4.78 is 15.3. The number of hydrogen-bond donors (Lipinski definition) is 2. The highest BCUT2D eigenvalue weighted by molar-refractivity contribution is 6.34. The number of aromatic nitrogens is 2. The van der Waals surface area contributed by atoms with Gasteiger partial charge in [-0.15, -0.1) is 5.10 Å². The molecule has 0 bridgehead atoms. The van der Waals surface area contributed by atoms with E-state index in [-0.39, 0.29) is 23.2 Å². The molecule has 9 heteroatoms. The van der Waals surface area contributed by atoms with Gasteiger partial charge in [0.25, 0.3) is 5.89 Å². The molecule has 8 nitrogen and oxygen atoms in total. The number of halogens is 1. The van der Waals surface area contributed by atoms with E-state index in [4.69, 9.17) is 25.5 Å². The van der Waals surface area contributed by atoms with Gasteiger partial charge in [-0.2, -0.15) is 0 Å². The quantitative estimate of drug-likeness (QED) is 0.707. The fraction of sp³-hybridized carbons (Fsp3) is 0.118. The molecular weight excluding hydrogens is 362 g/mol. The van der Waals surface area contributed by atoms with E-state index in [1.165, 1.54) is 19.2 Å². The molecule has 134 valence electrons. The molecule has 0 saturated heterocycles. The maximum atomic E-state index is 12.0. The van der Waals surface area contributed by atoms with Gasteiger partial charge in [0, 0.05) is 6.07 Å². The van der Waals surface area contributed by atoms with E-state index in [0.29, 0.717) is 11.3 Å². The average Bonchev–Trinajstić information content (AvgIpc) is 3.08. The van der Waals surface area contributed by atoms with Crippen LogP contribution in [0.5, 0.6) is 5.75 Å². The van der Waals surface area contributed by atoms with Gasteiger partial charge in [-0.1, -0.05) is 41.9 Å². The lowest BCUT2D eigenvalue weighted by molar-refractivity contribution is 0.155. The number of aromatic amines is 1. The standard InChI is InChI=1S/C17H14ClN3O5/c1-24-14-8-13(12(18)7-11(14)15-20-21-17(23)26-15)19-16(22)25-9-10-5-3-2-4-6-10/h2-8H,9H2,1H3,(H,19,22)(H,21,23). The van der Waals surface area contributed by atoms with Crippen LogP contribution in [-0.2, 0) is 11.3 Å². The number of rotatable bonds is 5. The molecule has 2 aromatic carbocycles. The molecule has 1 aromatic heterocycles. The van der Waals surface area contributed by atoms with Crippen LogP contribution in [0, 0.1) is 0 Å². The van der Waals surface area contributed by atoms with Crippen molar-refractivity contribution < 1.29 is 18.7 Å². The summed E-state index contributed by atoms with van der Waals surface area (Å²) in [6, 6.07) is 12.2. The van der Waals surface area contributed by atoms with Gasteiger partial charge in [0.15, 0.2) is 0 Å². The Morgan fingerprint density at radius 1 is 1.31 bits per heavy atom. The molecule has 0 fully saturated rings. The van der Waals surface area contributed by atoms with E-state index in [0.717, 1.165) is 5.56 Å². The Bertz CT molecular complexity index is 968. The van der Waals surface area contributed by atoms with Gasteiger partial charge < -0.3 is 13.9 Å². The second-order valence-corrected chi connectivity index (χ2v) is 5.54. The Hall–Kier alpha value is -3.26. The van der Waals surface area contributed by atoms with Crippen molar-refractivity contribution >= 4 is 23.4 Å². The third-order valence-corrected chi connectivity index (χ3v) is 3.72. The summed E-state index contributed by atoms with van der Waals surface area (Å²) in [6.45, 7) is 0.123. The van der Waals surface area contributed by atoms with Crippen LogP contribution in [0.15, 0.2) is 51.7 Å². The molecule has 0 unspecified atom stereocenters. The topological polar surface area (TPSA) is 106 Å². The van der Waals surface area contributed by atoms with Crippen LogP contribution in [0.2, 0.25) is 5.02 Å². The molecule has 0 saturated carbocycles. The van der Waals surface area contributed by atoms with Gasteiger partial charge in [0.2, 0.25) is 0 Å². The molecule has 0 aliphatic rings. The first-order chi connectivity index (χ1) is 12.6. The predicted octanol–water partition coefficient (Wildman–Crippen LogP) is 3.44. The van der Waals surface area contributed by atoms with Crippen molar-refractivity contribution in [1.82, 2.24) is 10.2 Å². The summed E-state index contributed by atoms with van der Waals surface area (Å²) in [5.74, 6) is -0.375. The third kappa shape index (κ3) is 4.04. The Labute approximate surface area is 152 Å². The van der Waals surface area contributed by atoms with Gasteiger partial charge in [-0.25, -0.2) is 14.7 Å². The molecule has 1 heterocycles. The van der Waals surface area contributed by atoms with Crippen LogP contribution >= 0.6 is 11.6 Å². The van der Waals surface area contributed by atoms with Crippen molar-refractivity contribution in [1.29, 1.82) is 0 Å². The highest BCUT2D eigenvalue weighted by Crippen LogP contribution is 2.36. The van der Waals surface area contributed by atoms with E-state index in [2.05, 4.69) is 15.5 Å². The van der Waals surface area contributed by atoms with Crippen LogP contribution in [0.3, 0.4) is 0 Å². The molecule has 3 aromatic rings. The van der Waals surface area contributed by atoms with Gasteiger partial charge in [-0.05, 0) is 11.6 Å². The van der Waals surface area contributed by atoms with Crippen molar-refractivity contribution in [2.24, 2.45) is 0 Å². The second-order valence-electron chi connectivity index (χ2n) is 5.14. The molecular formula is C17H14ClN3O5. The molecule has 26 heavy (non-hydrogen) atoms. The van der Waals surface area contributed by atoms with Crippen LogP contribution in [0.1, 0.15) is 5.56 Å². The molecule has 0 spiro atoms. The highest BCUT2D eigenvalue weighted by Gasteiger charge is 2.17. The van der Waals surface area contributed by atoms with Crippen molar-refractivity contribution in [3.8, 4) is 17.2 Å². The van der Waals surface area contributed by atoms with Crippen molar-refractivity contribution in [2.75, 3.05) is 12.4 Å². The number of nitrogens with zero attached hydrogens (tertiary/aromatic N) is 1. The molecule has 3 rings (SSSR count). The summed E-state index contributed by atoms with van der Waals surface area (Å²) in [4.78, 5) is 23.1. The molecule has 0 aliphatic carbocycles. The molecule has 0 atom stereocenters. The minimum atomic E-state index is -0.704. The average molecular weight is 376 g/mol. The van der Waals surface area contributed by atoms with Crippen molar-refractivity contribution in [2.45, 2.75) is 6.61 Å². The Balaban J connectivity index is 1.75. The normalized spacial score (nSPS) is 10.4. The van der Waals surface area contributed by atoms with Crippen LogP contribution in [0.25, 0.3) is 11.5 Å². The number of H-pyrrole nitrogens is 1. The number of amides is 1. The van der Waals surface area contributed by atoms with E-state index >= 15 is 0 Å². The Morgan fingerprint density at radius 2 is 2.08 bits per heavy atom. The summed E-state index contributed by atoms with van der Waals surface area (Å²) >= 11 is 6.19. The van der Waals surface area contributed by atoms with Gasteiger partial charge in [-0.3, -0.25) is 5.32 Å². The minimum absolute atomic E-state index is 0.0203. The molecule has 0 aliphatic heterocycles. The molecule has 2 N–H and O–H groups in total. The zero-order chi connectivity index (χ0) is 18.5. The van der Waals surface area contributed by atoms with Gasteiger partial charge in [0.05, 0.1) is 23.4 Å². The van der Waals surface area contributed by atoms with E-state index in [9.17, 15) is 9.59 Å². The van der Waals surface area contributed by atoms with Crippen LogP contribution in [-0.4, -0.2) is 23.4 Å².